The predicted molar refractivity (Wildman–Crippen MR) is 68.0 cm³/mol. The largest absolute Gasteiger partial charge is 0.316 e. The summed E-state index contributed by atoms with van der Waals surface area (Å²) >= 11 is 6.02. The first kappa shape index (κ1) is 14.1. The van der Waals surface area contributed by atoms with Gasteiger partial charge in [0.1, 0.15) is 11.6 Å². The number of nitrogens with one attached hydrogen (secondary N) is 1. The van der Waals surface area contributed by atoms with Crippen molar-refractivity contribution in [3.63, 3.8) is 0 Å². The average Bonchev–Trinajstić information content (AvgIpc) is 2.24. The molecule has 0 radical (unpaired) electrons. The minimum atomic E-state index is -0.229. The number of Topliss-reactive ketones (excluding diaryl/α,β-unsaturated/α-hetero) is 1. The molecule has 0 atom stereocenters. The third-order valence-electron chi connectivity index (χ3n) is 2.55. The smallest absolute Gasteiger partial charge is 0.131 e. The van der Waals surface area contributed by atoms with Gasteiger partial charge in [-0.05, 0) is 50.1 Å². The average molecular weight is 258 g/mol. The topological polar surface area (TPSA) is 29.1 Å². The lowest BCUT2D eigenvalue weighted by atomic mass is 10.1. The summed E-state index contributed by atoms with van der Waals surface area (Å²) < 4.78 is 13.3. The molecule has 0 aliphatic carbocycles. The Morgan fingerprint density at radius 3 is 2.76 bits per heavy atom. The van der Waals surface area contributed by atoms with Crippen LogP contribution < -0.4 is 5.32 Å². The standard InChI is InChI=1S/C13H17ClFNO/c1-9-7-12(14)11(8-13(9)15)4-6-16-5-3-10(2)17/h7-8,16H,3-6H2,1-2H3. The maximum absolute atomic E-state index is 13.3. The monoisotopic (exact) mass is 257 g/mol. The van der Waals surface area contributed by atoms with Gasteiger partial charge in [0.2, 0.25) is 0 Å². The molecule has 0 fully saturated rings. The summed E-state index contributed by atoms with van der Waals surface area (Å²) in [5.41, 5.74) is 1.35. The minimum absolute atomic E-state index is 0.164. The second kappa shape index (κ2) is 6.72. The lowest BCUT2D eigenvalue weighted by molar-refractivity contribution is -0.116. The van der Waals surface area contributed by atoms with Crippen LogP contribution in [0.25, 0.3) is 0 Å². The number of aryl methyl sites for hydroxylation is 1. The van der Waals surface area contributed by atoms with Crippen molar-refractivity contribution in [1.29, 1.82) is 0 Å². The lowest BCUT2D eigenvalue weighted by Crippen LogP contribution is -2.20. The van der Waals surface area contributed by atoms with Crippen LogP contribution in [0, 0.1) is 12.7 Å². The number of carbonyl (C=O) groups excluding carboxylic acids is 1. The third kappa shape index (κ3) is 4.84. The van der Waals surface area contributed by atoms with E-state index in [0.717, 1.165) is 5.56 Å². The van der Waals surface area contributed by atoms with E-state index in [1.165, 1.54) is 6.07 Å². The van der Waals surface area contributed by atoms with Crippen molar-refractivity contribution in [1.82, 2.24) is 5.32 Å². The van der Waals surface area contributed by atoms with Crippen molar-refractivity contribution >= 4 is 17.4 Å². The molecule has 0 amide bonds. The zero-order chi connectivity index (χ0) is 12.8. The molecule has 0 aromatic heterocycles. The van der Waals surface area contributed by atoms with Gasteiger partial charge >= 0.3 is 0 Å². The van der Waals surface area contributed by atoms with Crippen LogP contribution >= 0.6 is 11.6 Å². The zero-order valence-electron chi connectivity index (χ0n) is 10.1. The highest BCUT2D eigenvalue weighted by Crippen LogP contribution is 2.20. The highest BCUT2D eigenvalue weighted by atomic mass is 35.5. The zero-order valence-corrected chi connectivity index (χ0v) is 10.9. The molecule has 0 bridgehead atoms. The van der Waals surface area contributed by atoms with Crippen molar-refractivity contribution in [3.05, 3.63) is 34.1 Å². The molecule has 0 aliphatic rings. The number of rotatable bonds is 6. The Labute approximate surface area is 106 Å². The Balaban J connectivity index is 2.41. The fourth-order valence-corrected chi connectivity index (χ4v) is 1.80. The first-order valence-corrected chi connectivity index (χ1v) is 6.03. The lowest BCUT2D eigenvalue weighted by Gasteiger charge is -2.07. The van der Waals surface area contributed by atoms with Gasteiger partial charge in [-0.1, -0.05) is 11.6 Å². The van der Waals surface area contributed by atoms with Gasteiger partial charge in [0.15, 0.2) is 0 Å². The second-order valence-corrected chi connectivity index (χ2v) is 4.55. The van der Waals surface area contributed by atoms with E-state index in [2.05, 4.69) is 5.32 Å². The van der Waals surface area contributed by atoms with E-state index in [0.29, 0.717) is 36.5 Å². The summed E-state index contributed by atoms with van der Waals surface area (Å²) in [7, 11) is 0. The fourth-order valence-electron chi connectivity index (χ4n) is 1.49. The number of benzene rings is 1. The van der Waals surface area contributed by atoms with E-state index in [-0.39, 0.29) is 11.6 Å². The SMILES string of the molecule is CC(=O)CCNCCc1cc(F)c(C)cc1Cl. The molecular weight excluding hydrogens is 241 g/mol. The third-order valence-corrected chi connectivity index (χ3v) is 2.90. The number of hydrogen-bond acceptors (Lipinski definition) is 2. The van der Waals surface area contributed by atoms with Crippen LogP contribution in [0.1, 0.15) is 24.5 Å². The van der Waals surface area contributed by atoms with Crippen LogP contribution in [0.5, 0.6) is 0 Å². The quantitative estimate of drug-likeness (QED) is 0.794. The summed E-state index contributed by atoms with van der Waals surface area (Å²) in [5, 5.41) is 3.72. The van der Waals surface area contributed by atoms with Gasteiger partial charge in [0.05, 0.1) is 0 Å². The molecule has 1 aromatic rings. The van der Waals surface area contributed by atoms with Crippen LogP contribution in [0.4, 0.5) is 4.39 Å². The summed E-state index contributed by atoms with van der Waals surface area (Å²) in [4.78, 5) is 10.7. The minimum Gasteiger partial charge on any atom is -0.316 e. The number of halogens is 2. The van der Waals surface area contributed by atoms with E-state index >= 15 is 0 Å². The number of hydrogen-bond donors (Lipinski definition) is 1. The summed E-state index contributed by atoms with van der Waals surface area (Å²) in [6.07, 6.45) is 1.18. The molecule has 0 unspecified atom stereocenters. The van der Waals surface area contributed by atoms with Crippen molar-refractivity contribution in [2.24, 2.45) is 0 Å². The van der Waals surface area contributed by atoms with Gasteiger partial charge < -0.3 is 5.32 Å². The molecule has 0 heterocycles. The van der Waals surface area contributed by atoms with Gasteiger partial charge in [-0.25, -0.2) is 4.39 Å². The highest BCUT2D eigenvalue weighted by molar-refractivity contribution is 6.31. The van der Waals surface area contributed by atoms with Crippen LogP contribution in [-0.2, 0) is 11.2 Å². The number of carbonyl (C=O) groups is 1. The van der Waals surface area contributed by atoms with E-state index in [1.807, 2.05) is 0 Å². The van der Waals surface area contributed by atoms with Crippen LogP contribution in [0.3, 0.4) is 0 Å². The molecule has 0 spiro atoms. The maximum atomic E-state index is 13.3. The highest BCUT2D eigenvalue weighted by Gasteiger charge is 2.05. The Kier molecular flexibility index (Phi) is 5.59. The summed E-state index contributed by atoms with van der Waals surface area (Å²) in [6.45, 7) is 4.60. The predicted octanol–water partition coefficient (Wildman–Crippen LogP) is 2.90. The molecule has 2 nitrogen and oxygen atoms in total. The molecule has 0 aliphatic heterocycles. The first-order valence-electron chi connectivity index (χ1n) is 5.65. The van der Waals surface area contributed by atoms with Gasteiger partial charge in [-0.2, -0.15) is 0 Å². The Morgan fingerprint density at radius 2 is 2.12 bits per heavy atom. The van der Waals surface area contributed by atoms with Crippen LogP contribution in [-0.4, -0.2) is 18.9 Å². The molecule has 1 rings (SSSR count). The van der Waals surface area contributed by atoms with Gasteiger partial charge in [0.25, 0.3) is 0 Å². The Hall–Kier alpha value is -0.930. The number of ketones is 1. The van der Waals surface area contributed by atoms with Crippen molar-refractivity contribution < 1.29 is 9.18 Å². The molecule has 1 N–H and O–H groups in total. The fraction of sp³-hybridized carbons (Fsp3) is 0.462. The molecule has 1 aromatic carbocycles. The molecule has 0 saturated heterocycles. The van der Waals surface area contributed by atoms with Crippen LogP contribution in [0.15, 0.2) is 12.1 Å². The summed E-state index contributed by atoms with van der Waals surface area (Å²) in [5.74, 6) is -0.0648. The van der Waals surface area contributed by atoms with Gasteiger partial charge in [-0.15, -0.1) is 0 Å². The van der Waals surface area contributed by atoms with E-state index in [4.69, 9.17) is 11.6 Å². The first-order chi connectivity index (χ1) is 8.00. The summed E-state index contributed by atoms with van der Waals surface area (Å²) in [6, 6.07) is 3.12. The Bertz CT molecular complexity index is 407. The molecule has 94 valence electrons. The second-order valence-electron chi connectivity index (χ2n) is 4.14. The molecular formula is C13H17ClFNO. The van der Waals surface area contributed by atoms with Gasteiger partial charge in [0, 0.05) is 18.0 Å². The van der Waals surface area contributed by atoms with Crippen molar-refractivity contribution in [2.45, 2.75) is 26.7 Å². The van der Waals surface area contributed by atoms with Crippen molar-refractivity contribution in [2.75, 3.05) is 13.1 Å². The van der Waals surface area contributed by atoms with E-state index in [1.54, 1.807) is 19.9 Å². The maximum Gasteiger partial charge on any atom is 0.131 e. The van der Waals surface area contributed by atoms with Crippen LogP contribution in [0.2, 0.25) is 5.02 Å². The Morgan fingerprint density at radius 1 is 1.41 bits per heavy atom. The van der Waals surface area contributed by atoms with E-state index < -0.39 is 0 Å². The normalized spacial score (nSPS) is 10.6. The van der Waals surface area contributed by atoms with Gasteiger partial charge in [-0.3, -0.25) is 4.79 Å². The van der Waals surface area contributed by atoms with Crippen molar-refractivity contribution in [3.8, 4) is 0 Å². The molecule has 0 saturated carbocycles. The molecule has 4 heteroatoms. The van der Waals surface area contributed by atoms with E-state index in [9.17, 15) is 9.18 Å². The molecule has 17 heavy (non-hydrogen) atoms.